The first-order chi connectivity index (χ1) is 13.3. The summed E-state index contributed by atoms with van der Waals surface area (Å²) >= 11 is 2.75. The summed E-state index contributed by atoms with van der Waals surface area (Å²) < 4.78 is 5.41. The molecule has 7 nitrogen and oxygen atoms in total. The van der Waals surface area contributed by atoms with Crippen LogP contribution in [-0.4, -0.2) is 33.2 Å². The fourth-order valence-corrected chi connectivity index (χ4v) is 3.94. The number of para-hydroxylation sites is 1. The predicted octanol–water partition coefficient (Wildman–Crippen LogP) is 3.98. The number of ether oxygens (including phenoxy) is 1. The van der Waals surface area contributed by atoms with Gasteiger partial charge in [0.05, 0.1) is 12.7 Å². The van der Waals surface area contributed by atoms with E-state index in [1.807, 2.05) is 29.6 Å². The van der Waals surface area contributed by atoms with E-state index in [1.54, 1.807) is 31.8 Å². The summed E-state index contributed by atoms with van der Waals surface area (Å²) in [7, 11) is 1.59. The van der Waals surface area contributed by atoms with Gasteiger partial charge in [0, 0.05) is 35.1 Å². The number of carbonyl (C=O) groups excluding carboxylic acids is 1. The Morgan fingerprint density at radius 1 is 1.07 bits per heavy atom. The van der Waals surface area contributed by atoms with Gasteiger partial charge in [0.15, 0.2) is 10.0 Å². The molecule has 0 saturated carbocycles. The number of anilines is 1. The lowest BCUT2D eigenvalue weighted by molar-refractivity contribution is 0.102. The molecule has 27 heavy (non-hydrogen) atoms. The molecule has 9 heteroatoms. The van der Waals surface area contributed by atoms with Crippen molar-refractivity contribution in [1.29, 1.82) is 0 Å². The van der Waals surface area contributed by atoms with E-state index < -0.39 is 0 Å². The Morgan fingerprint density at radius 2 is 1.96 bits per heavy atom. The van der Waals surface area contributed by atoms with Crippen molar-refractivity contribution in [2.75, 3.05) is 12.4 Å². The number of carbonyl (C=O) groups is 1. The largest absolute Gasteiger partial charge is 0.496 e. The highest BCUT2D eigenvalue weighted by atomic mass is 32.1. The van der Waals surface area contributed by atoms with Crippen molar-refractivity contribution in [2.24, 2.45) is 0 Å². The van der Waals surface area contributed by atoms with Crippen LogP contribution in [0, 0.1) is 0 Å². The summed E-state index contributed by atoms with van der Waals surface area (Å²) in [6, 6.07) is 9.16. The summed E-state index contributed by atoms with van der Waals surface area (Å²) in [5.74, 6) is 0.377. The molecule has 0 aliphatic heterocycles. The SMILES string of the molecule is COc1ccccc1-c1cnccc1C(=O)Nc1nnc(-c2nccs2)s1. The standard InChI is InChI=1S/C18H13N5O2S2/c1-25-14-5-3-2-4-11(14)13-10-19-7-6-12(13)15(24)21-18-23-22-17(27-18)16-20-8-9-26-16/h2-10H,1H3,(H,21,23,24). The van der Waals surface area contributed by atoms with Crippen LogP contribution in [0.15, 0.2) is 54.3 Å². The Labute approximate surface area is 162 Å². The molecule has 0 spiro atoms. The van der Waals surface area contributed by atoms with Crippen molar-refractivity contribution >= 4 is 33.7 Å². The summed E-state index contributed by atoms with van der Waals surface area (Å²) in [6.45, 7) is 0. The number of pyridine rings is 1. The lowest BCUT2D eigenvalue weighted by Crippen LogP contribution is -2.13. The molecule has 4 rings (SSSR count). The molecule has 1 N–H and O–H groups in total. The topological polar surface area (TPSA) is 89.9 Å². The van der Waals surface area contributed by atoms with Crippen molar-refractivity contribution in [3.63, 3.8) is 0 Å². The minimum absolute atomic E-state index is 0.292. The molecule has 0 atom stereocenters. The molecule has 0 fully saturated rings. The number of hydrogen-bond donors (Lipinski definition) is 1. The molecule has 0 radical (unpaired) electrons. The molecule has 0 unspecified atom stereocenters. The van der Waals surface area contributed by atoms with Gasteiger partial charge in [-0.05, 0) is 12.1 Å². The average Bonchev–Trinajstić information content (AvgIpc) is 3.39. The first-order valence-electron chi connectivity index (χ1n) is 7.88. The van der Waals surface area contributed by atoms with E-state index in [9.17, 15) is 4.79 Å². The van der Waals surface area contributed by atoms with Crippen molar-refractivity contribution in [2.45, 2.75) is 0 Å². The average molecular weight is 395 g/mol. The van der Waals surface area contributed by atoms with E-state index >= 15 is 0 Å². The van der Waals surface area contributed by atoms with Gasteiger partial charge in [0.2, 0.25) is 5.13 Å². The summed E-state index contributed by atoms with van der Waals surface area (Å²) in [4.78, 5) is 21.2. The van der Waals surface area contributed by atoms with Crippen molar-refractivity contribution < 1.29 is 9.53 Å². The summed E-state index contributed by atoms with van der Waals surface area (Å²) in [5, 5.41) is 14.6. The minimum Gasteiger partial charge on any atom is -0.496 e. The quantitative estimate of drug-likeness (QED) is 0.550. The van der Waals surface area contributed by atoms with Crippen LogP contribution in [0.1, 0.15) is 10.4 Å². The number of benzene rings is 1. The molecular weight excluding hydrogens is 382 g/mol. The van der Waals surface area contributed by atoms with E-state index in [0.29, 0.717) is 27.0 Å². The van der Waals surface area contributed by atoms with Crippen molar-refractivity contribution in [1.82, 2.24) is 20.2 Å². The van der Waals surface area contributed by atoms with E-state index in [4.69, 9.17) is 4.74 Å². The van der Waals surface area contributed by atoms with E-state index in [0.717, 1.165) is 10.6 Å². The number of amides is 1. The highest BCUT2D eigenvalue weighted by molar-refractivity contribution is 7.22. The highest BCUT2D eigenvalue weighted by Gasteiger charge is 2.18. The third kappa shape index (κ3) is 3.55. The maximum atomic E-state index is 12.8. The maximum absolute atomic E-state index is 12.8. The molecule has 0 saturated heterocycles. The number of thiazole rings is 1. The number of nitrogens with zero attached hydrogens (tertiary/aromatic N) is 4. The number of hydrogen-bond acceptors (Lipinski definition) is 8. The molecular formula is C18H13N5O2S2. The number of rotatable bonds is 5. The van der Waals surface area contributed by atoms with Crippen LogP contribution in [-0.2, 0) is 0 Å². The van der Waals surface area contributed by atoms with Crippen LogP contribution in [0.2, 0.25) is 0 Å². The Morgan fingerprint density at radius 3 is 2.78 bits per heavy atom. The molecule has 0 aliphatic carbocycles. The van der Waals surface area contributed by atoms with Crippen molar-refractivity contribution in [3.8, 4) is 26.9 Å². The predicted molar refractivity (Wildman–Crippen MR) is 105 cm³/mol. The van der Waals surface area contributed by atoms with Gasteiger partial charge in [0.1, 0.15) is 5.75 Å². The zero-order valence-corrected chi connectivity index (χ0v) is 15.8. The number of aromatic nitrogens is 4. The lowest BCUT2D eigenvalue weighted by Gasteiger charge is -2.11. The monoisotopic (exact) mass is 395 g/mol. The molecule has 0 bridgehead atoms. The molecule has 1 aromatic carbocycles. The highest BCUT2D eigenvalue weighted by Crippen LogP contribution is 2.32. The second-order valence-corrected chi connectivity index (χ2v) is 7.20. The third-order valence-electron chi connectivity index (χ3n) is 3.72. The Kier molecular flexibility index (Phi) is 4.86. The second-order valence-electron chi connectivity index (χ2n) is 5.33. The zero-order valence-electron chi connectivity index (χ0n) is 14.1. The molecule has 3 heterocycles. The normalized spacial score (nSPS) is 10.6. The van der Waals surface area contributed by atoms with Gasteiger partial charge in [0.25, 0.3) is 5.91 Å². The summed E-state index contributed by atoms with van der Waals surface area (Å²) in [6.07, 6.45) is 4.93. The van der Waals surface area contributed by atoms with E-state index in [1.165, 1.54) is 22.7 Å². The van der Waals surface area contributed by atoms with Gasteiger partial charge >= 0.3 is 0 Å². The number of nitrogens with one attached hydrogen (secondary N) is 1. The smallest absolute Gasteiger partial charge is 0.258 e. The second kappa shape index (κ2) is 7.60. The van der Waals surface area contributed by atoms with Crippen LogP contribution in [0.3, 0.4) is 0 Å². The van der Waals surface area contributed by atoms with Crippen LogP contribution in [0.4, 0.5) is 5.13 Å². The van der Waals surface area contributed by atoms with Crippen LogP contribution in [0.5, 0.6) is 5.75 Å². The lowest BCUT2D eigenvalue weighted by atomic mass is 10.0. The minimum atomic E-state index is -0.292. The number of methoxy groups -OCH3 is 1. The van der Waals surface area contributed by atoms with Gasteiger partial charge in [-0.1, -0.05) is 29.5 Å². The Hall–Kier alpha value is -3.17. The van der Waals surface area contributed by atoms with Crippen LogP contribution < -0.4 is 10.1 Å². The first-order valence-corrected chi connectivity index (χ1v) is 9.58. The van der Waals surface area contributed by atoms with Gasteiger partial charge in [-0.15, -0.1) is 21.5 Å². The zero-order chi connectivity index (χ0) is 18.6. The Bertz CT molecular complexity index is 1080. The molecule has 4 aromatic rings. The van der Waals surface area contributed by atoms with E-state index in [-0.39, 0.29) is 5.91 Å². The fourth-order valence-electron chi connectivity index (χ4n) is 2.53. The van der Waals surface area contributed by atoms with E-state index in [2.05, 4.69) is 25.5 Å². The Balaban J connectivity index is 1.63. The molecule has 1 amide bonds. The first kappa shape index (κ1) is 17.3. The maximum Gasteiger partial charge on any atom is 0.258 e. The molecule has 134 valence electrons. The fraction of sp³-hybridized carbons (Fsp3) is 0.0556. The van der Waals surface area contributed by atoms with Gasteiger partial charge in [-0.2, -0.15) is 0 Å². The third-order valence-corrected chi connectivity index (χ3v) is 5.48. The van der Waals surface area contributed by atoms with Crippen LogP contribution >= 0.6 is 22.7 Å². The van der Waals surface area contributed by atoms with Crippen molar-refractivity contribution in [3.05, 3.63) is 59.9 Å². The van der Waals surface area contributed by atoms with Gasteiger partial charge in [-0.25, -0.2) is 4.98 Å². The molecule has 3 aromatic heterocycles. The van der Waals surface area contributed by atoms with Crippen LogP contribution in [0.25, 0.3) is 21.1 Å². The summed E-state index contributed by atoms with van der Waals surface area (Å²) in [5.41, 5.74) is 1.94. The van der Waals surface area contributed by atoms with Gasteiger partial charge in [-0.3, -0.25) is 15.1 Å². The van der Waals surface area contributed by atoms with Gasteiger partial charge < -0.3 is 4.74 Å². The molecule has 0 aliphatic rings.